The van der Waals surface area contributed by atoms with Gasteiger partial charge in [-0.3, -0.25) is 0 Å². The molecule has 0 spiro atoms. The lowest BCUT2D eigenvalue weighted by atomic mass is 10.4. The standard InChI is InChI=1S/C7H14O4S3/c1-13(8,9)7(14(2,10)11)12-5-3-4-6-12/h3-6H2,1-2H3. The average molecular weight is 258 g/mol. The molecule has 0 N–H and O–H groups in total. The van der Waals surface area contributed by atoms with E-state index in [1.54, 1.807) is 0 Å². The minimum absolute atomic E-state index is 0.234. The molecule has 1 fully saturated rings. The van der Waals surface area contributed by atoms with Crippen molar-refractivity contribution in [2.45, 2.75) is 12.8 Å². The van der Waals surface area contributed by atoms with Crippen LogP contribution in [0.1, 0.15) is 12.8 Å². The van der Waals surface area contributed by atoms with E-state index in [1.807, 2.05) is 0 Å². The van der Waals surface area contributed by atoms with Crippen molar-refractivity contribution in [2.75, 3.05) is 24.0 Å². The van der Waals surface area contributed by atoms with Crippen LogP contribution in [0.15, 0.2) is 0 Å². The van der Waals surface area contributed by atoms with Crippen LogP contribution >= 0.6 is 10.5 Å². The second kappa shape index (κ2) is 3.94. The first-order chi connectivity index (χ1) is 6.23. The Hall–Kier alpha value is 0.120. The fourth-order valence-corrected chi connectivity index (χ4v) is 9.79. The molecule has 0 aromatic carbocycles. The maximum atomic E-state index is 11.4. The van der Waals surface area contributed by atoms with Crippen molar-refractivity contribution in [3.05, 3.63) is 0 Å². The topological polar surface area (TPSA) is 68.3 Å². The van der Waals surface area contributed by atoms with Crippen LogP contribution in [0.3, 0.4) is 0 Å². The Morgan fingerprint density at radius 3 is 1.57 bits per heavy atom. The van der Waals surface area contributed by atoms with Gasteiger partial charge in [0.25, 0.3) is 0 Å². The minimum Gasteiger partial charge on any atom is -0.223 e. The van der Waals surface area contributed by atoms with Crippen molar-refractivity contribution < 1.29 is 16.8 Å². The summed E-state index contributed by atoms with van der Waals surface area (Å²) in [5.41, 5.74) is 0. The minimum atomic E-state index is -3.56. The molecule has 7 heteroatoms. The van der Waals surface area contributed by atoms with E-state index >= 15 is 0 Å². The monoisotopic (exact) mass is 258 g/mol. The summed E-state index contributed by atoms with van der Waals surface area (Å²) in [5, 5.41) is 0. The second-order valence-corrected chi connectivity index (χ2v) is 10.3. The highest BCUT2D eigenvalue weighted by Crippen LogP contribution is 2.29. The Morgan fingerprint density at radius 2 is 1.29 bits per heavy atom. The van der Waals surface area contributed by atoms with Crippen molar-refractivity contribution in [2.24, 2.45) is 0 Å². The maximum Gasteiger partial charge on any atom is 0.191 e. The molecule has 0 saturated carbocycles. The first-order valence-corrected chi connectivity index (χ1v) is 9.52. The molecule has 4 nitrogen and oxygen atoms in total. The summed E-state index contributed by atoms with van der Waals surface area (Å²) in [6.45, 7) is 0. The number of rotatable bonds is 0. The predicted molar refractivity (Wildman–Crippen MR) is 61.3 cm³/mol. The van der Waals surface area contributed by atoms with Gasteiger partial charge in [-0.05, 0) is 24.3 Å². The Kier molecular flexibility index (Phi) is 3.43. The molecule has 0 atom stereocenters. The van der Waals surface area contributed by atoms with Gasteiger partial charge < -0.3 is 0 Å². The third-order valence-corrected chi connectivity index (χ3v) is 10.2. The van der Waals surface area contributed by atoms with Crippen LogP contribution in [0, 0.1) is 0 Å². The molecule has 0 unspecified atom stereocenters. The summed E-state index contributed by atoms with van der Waals surface area (Å²) in [7, 11) is -7.69. The molecule has 0 amide bonds. The molecule has 0 aromatic rings. The average Bonchev–Trinajstić information content (AvgIpc) is 2.31. The third-order valence-electron chi connectivity index (χ3n) is 1.87. The third kappa shape index (κ3) is 2.80. The van der Waals surface area contributed by atoms with Gasteiger partial charge in [-0.2, -0.15) is 10.5 Å². The van der Waals surface area contributed by atoms with E-state index < -0.39 is 30.2 Å². The van der Waals surface area contributed by atoms with E-state index in [2.05, 4.69) is 0 Å². The molecule has 0 aromatic heterocycles. The number of sulfone groups is 2. The van der Waals surface area contributed by atoms with Crippen LogP contribution in [0.5, 0.6) is 0 Å². The molecule has 1 heterocycles. The van der Waals surface area contributed by atoms with Crippen LogP contribution in [-0.2, 0) is 19.7 Å². The first kappa shape index (κ1) is 12.2. The van der Waals surface area contributed by atoms with E-state index in [4.69, 9.17) is 0 Å². The zero-order chi connectivity index (χ0) is 11.0. The lowest BCUT2D eigenvalue weighted by molar-refractivity contribution is 0.609. The Morgan fingerprint density at radius 1 is 0.929 bits per heavy atom. The van der Waals surface area contributed by atoms with Crippen molar-refractivity contribution >= 4 is 33.7 Å². The zero-order valence-corrected chi connectivity index (χ0v) is 10.6. The molecule has 1 rings (SSSR count). The SMILES string of the molecule is CS(=O)(=O)C(=S1CCCC1)S(C)(=O)=O. The van der Waals surface area contributed by atoms with Crippen LogP contribution in [0.2, 0.25) is 0 Å². The van der Waals surface area contributed by atoms with Gasteiger partial charge in [-0.25, -0.2) is 16.8 Å². The molecule has 1 aliphatic heterocycles. The molecule has 84 valence electrons. The molecule has 0 aliphatic carbocycles. The highest BCUT2D eigenvalue weighted by Gasteiger charge is 2.28. The van der Waals surface area contributed by atoms with Gasteiger partial charge in [0.05, 0.1) is 0 Å². The van der Waals surface area contributed by atoms with Crippen molar-refractivity contribution in [1.82, 2.24) is 0 Å². The zero-order valence-electron chi connectivity index (χ0n) is 8.19. The summed E-state index contributed by atoms with van der Waals surface area (Å²) in [5.74, 6) is 1.41. The van der Waals surface area contributed by atoms with Crippen LogP contribution in [0.25, 0.3) is 0 Å². The highest BCUT2D eigenvalue weighted by molar-refractivity contribution is 8.47. The van der Waals surface area contributed by atoms with Crippen LogP contribution in [0.4, 0.5) is 0 Å². The number of hydrogen-bond donors (Lipinski definition) is 0. The smallest absolute Gasteiger partial charge is 0.191 e. The lowest BCUT2D eigenvalue weighted by Gasteiger charge is -2.07. The van der Waals surface area contributed by atoms with E-state index in [-0.39, 0.29) is 3.53 Å². The van der Waals surface area contributed by atoms with E-state index in [9.17, 15) is 16.8 Å². The molecule has 0 radical (unpaired) electrons. The van der Waals surface area contributed by atoms with Gasteiger partial charge in [-0.1, -0.05) is 0 Å². The molecule has 0 bridgehead atoms. The quantitative estimate of drug-likeness (QED) is 0.583. The Balaban J connectivity index is 3.41. The van der Waals surface area contributed by atoms with Gasteiger partial charge in [-0.15, -0.1) is 0 Å². The van der Waals surface area contributed by atoms with Crippen molar-refractivity contribution in [1.29, 1.82) is 0 Å². The van der Waals surface area contributed by atoms with Gasteiger partial charge >= 0.3 is 0 Å². The van der Waals surface area contributed by atoms with Crippen molar-refractivity contribution in [3.63, 3.8) is 0 Å². The summed E-state index contributed by atoms with van der Waals surface area (Å²) in [4.78, 5) is 0. The van der Waals surface area contributed by atoms with Crippen molar-refractivity contribution in [3.8, 4) is 0 Å². The first-order valence-electron chi connectivity index (χ1n) is 4.17. The van der Waals surface area contributed by atoms with Crippen LogP contribution in [-0.4, -0.2) is 44.4 Å². The summed E-state index contributed by atoms with van der Waals surface area (Å²) in [6, 6.07) is 0. The highest BCUT2D eigenvalue weighted by atomic mass is 32.3. The summed E-state index contributed by atoms with van der Waals surface area (Å²) in [6.07, 6.45) is 3.82. The van der Waals surface area contributed by atoms with Gasteiger partial charge in [0.2, 0.25) is 0 Å². The van der Waals surface area contributed by atoms with E-state index in [1.165, 1.54) is 0 Å². The van der Waals surface area contributed by atoms with E-state index in [0.717, 1.165) is 25.4 Å². The fraction of sp³-hybridized carbons (Fsp3) is 0.857. The predicted octanol–water partition coefficient (Wildman–Crippen LogP) is 0.226. The molecule has 1 saturated heterocycles. The molecular weight excluding hydrogens is 244 g/mol. The second-order valence-electron chi connectivity index (χ2n) is 3.40. The summed E-state index contributed by atoms with van der Waals surface area (Å²) >= 11 is 0. The van der Waals surface area contributed by atoms with Crippen LogP contribution < -0.4 is 0 Å². The normalized spacial score (nSPS) is 19.9. The lowest BCUT2D eigenvalue weighted by Crippen LogP contribution is -2.23. The largest absolute Gasteiger partial charge is 0.223 e. The Bertz CT molecular complexity index is 413. The maximum absolute atomic E-state index is 11.4. The fourth-order valence-electron chi connectivity index (χ4n) is 1.52. The molecular formula is C7H14O4S3. The number of hydrogen-bond acceptors (Lipinski definition) is 4. The van der Waals surface area contributed by atoms with Gasteiger partial charge in [0.15, 0.2) is 23.2 Å². The molecule has 14 heavy (non-hydrogen) atoms. The van der Waals surface area contributed by atoms with E-state index in [0.29, 0.717) is 11.5 Å². The van der Waals surface area contributed by atoms with Gasteiger partial charge in [0, 0.05) is 12.5 Å². The van der Waals surface area contributed by atoms with Gasteiger partial charge in [0.1, 0.15) is 0 Å². The summed E-state index contributed by atoms with van der Waals surface area (Å²) < 4.78 is 45.2. The Labute approximate surface area is 87.5 Å². The molecule has 1 aliphatic rings.